The number of amides is 2. The van der Waals surface area contributed by atoms with E-state index in [0.29, 0.717) is 50.2 Å². The number of halogens is 3. The van der Waals surface area contributed by atoms with Crippen molar-refractivity contribution in [2.45, 2.75) is 25.1 Å². The normalized spacial score (nSPS) is 17.9. The predicted octanol–water partition coefficient (Wildman–Crippen LogP) is 3.67. The van der Waals surface area contributed by atoms with E-state index in [0.717, 1.165) is 6.07 Å². The Labute approximate surface area is 180 Å². The third-order valence-electron chi connectivity index (χ3n) is 5.91. The minimum Gasteiger partial charge on any atom is -0.472 e. The highest BCUT2D eigenvalue weighted by atomic mass is 19.4. The number of rotatable bonds is 3. The van der Waals surface area contributed by atoms with Crippen molar-refractivity contribution < 1.29 is 31.9 Å². The van der Waals surface area contributed by atoms with E-state index < -0.39 is 17.6 Å². The molecule has 2 saturated heterocycles. The maximum Gasteiger partial charge on any atom is 0.420 e. The van der Waals surface area contributed by atoms with E-state index in [-0.39, 0.29) is 23.5 Å². The summed E-state index contributed by atoms with van der Waals surface area (Å²) in [5, 5.41) is 0. The number of carbonyl (C=O) groups excluding carboxylic acids is 2. The van der Waals surface area contributed by atoms with Gasteiger partial charge in [0, 0.05) is 42.7 Å². The van der Waals surface area contributed by atoms with E-state index in [9.17, 15) is 22.8 Å². The van der Waals surface area contributed by atoms with Crippen LogP contribution >= 0.6 is 0 Å². The number of aromatic nitrogens is 2. The fraction of sp³-hybridized carbons (Fsp3) is 0.381. The van der Waals surface area contributed by atoms with E-state index in [4.69, 9.17) is 9.15 Å². The largest absolute Gasteiger partial charge is 0.472 e. The molecule has 168 valence electrons. The number of furan rings is 1. The molecule has 5 rings (SSSR count). The first kappa shape index (κ1) is 20.4. The molecule has 0 N–H and O–H groups in total. The van der Waals surface area contributed by atoms with Gasteiger partial charge in [-0.3, -0.25) is 4.79 Å². The maximum absolute atomic E-state index is 13.7. The summed E-state index contributed by atoms with van der Waals surface area (Å²) < 4.78 is 52.3. The fourth-order valence-electron chi connectivity index (χ4n) is 4.28. The second kappa shape index (κ2) is 7.57. The summed E-state index contributed by atoms with van der Waals surface area (Å²) in [6, 6.07) is 2.55. The number of cyclic esters (lactones) is 1. The molecule has 0 saturated carbocycles. The van der Waals surface area contributed by atoms with Gasteiger partial charge in [0.15, 0.2) is 0 Å². The van der Waals surface area contributed by atoms with Gasteiger partial charge in [-0.2, -0.15) is 13.2 Å². The van der Waals surface area contributed by atoms with Crippen LogP contribution in [0.5, 0.6) is 0 Å². The van der Waals surface area contributed by atoms with E-state index in [1.54, 1.807) is 15.9 Å². The number of hydrogen-bond donors (Lipinski definition) is 0. The Kier molecular flexibility index (Phi) is 4.83. The molecule has 2 amide bonds. The third kappa shape index (κ3) is 3.57. The molecule has 2 aliphatic rings. The molecule has 0 unspecified atom stereocenters. The Morgan fingerprint density at radius 1 is 1.12 bits per heavy atom. The van der Waals surface area contributed by atoms with Crippen molar-refractivity contribution in [2.75, 3.05) is 26.2 Å². The van der Waals surface area contributed by atoms with Crippen LogP contribution in [0.2, 0.25) is 0 Å². The Balaban J connectivity index is 1.41. The molecular formula is C21H19F3N4O4. The quantitative estimate of drug-likeness (QED) is 0.611. The van der Waals surface area contributed by atoms with Crippen LogP contribution in [-0.4, -0.2) is 63.5 Å². The van der Waals surface area contributed by atoms with E-state index in [2.05, 4.69) is 4.98 Å². The van der Waals surface area contributed by atoms with Crippen LogP contribution in [0.3, 0.4) is 0 Å². The predicted molar refractivity (Wildman–Crippen MR) is 105 cm³/mol. The lowest BCUT2D eigenvalue weighted by Gasteiger charge is -2.35. The topological polar surface area (TPSA) is 80.3 Å². The van der Waals surface area contributed by atoms with Crippen molar-refractivity contribution in [1.82, 2.24) is 19.2 Å². The SMILES string of the molecule is O=C(c1cn2cc(-c3ccoc3)cc(C(F)(F)F)c2n1)N1CCC(N2CCOC2=O)CC1. The van der Waals surface area contributed by atoms with Crippen molar-refractivity contribution in [2.24, 2.45) is 0 Å². The smallest absolute Gasteiger partial charge is 0.420 e. The number of likely N-dealkylation sites (tertiary alicyclic amines) is 1. The highest BCUT2D eigenvalue weighted by Crippen LogP contribution is 2.35. The van der Waals surface area contributed by atoms with Crippen molar-refractivity contribution in [3.8, 4) is 11.1 Å². The summed E-state index contributed by atoms with van der Waals surface area (Å²) in [5.74, 6) is -0.436. The molecule has 5 heterocycles. The molecule has 11 heteroatoms. The van der Waals surface area contributed by atoms with Crippen LogP contribution in [0.25, 0.3) is 16.8 Å². The molecule has 3 aromatic rings. The lowest BCUT2D eigenvalue weighted by molar-refractivity contribution is -0.136. The molecule has 0 aromatic carbocycles. The van der Waals surface area contributed by atoms with Gasteiger partial charge in [0.05, 0.1) is 24.6 Å². The number of piperidine rings is 1. The Bertz CT molecular complexity index is 1160. The van der Waals surface area contributed by atoms with E-state index >= 15 is 0 Å². The van der Waals surface area contributed by atoms with Gasteiger partial charge in [-0.15, -0.1) is 0 Å². The summed E-state index contributed by atoms with van der Waals surface area (Å²) in [4.78, 5) is 32.0. The van der Waals surface area contributed by atoms with Crippen LogP contribution in [0.15, 0.2) is 41.5 Å². The van der Waals surface area contributed by atoms with Gasteiger partial charge in [-0.05, 0) is 25.0 Å². The number of alkyl halides is 3. The Morgan fingerprint density at radius 3 is 2.53 bits per heavy atom. The van der Waals surface area contributed by atoms with Crippen LogP contribution in [0.1, 0.15) is 28.9 Å². The number of pyridine rings is 1. The zero-order valence-electron chi connectivity index (χ0n) is 16.8. The molecule has 32 heavy (non-hydrogen) atoms. The van der Waals surface area contributed by atoms with Crippen molar-refractivity contribution >= 4 is 17.6 Å². The molecule has 2 aliphatic heterocycles. The average molecular weight is 448 g/mol. The highest BCUT2D eigenvalue weighted by molar-refractivity contribution is 5.93. The van der Waals surface area contributed by atoms with Gasteiger partial charge in [0.1, 0.15) is 17.9 Å². The minimum atomic E-state index is -4.64. The minimum absolute atomic E-state index is 0.00975. The molecule has 0 atom stereocenters. The molecule has 2 fully saturated rings. The lowest BCUT2D eigenvalue weighted by atomic mass is 10.0. The van der Waals surface area contributed by atoms with Crippen molar-refractivity contribution in [3.63, 3.8) is 0 Å². The van der Waals surface area contributed by atoms with Crippen LogP contribution < -0.4 is 0 Å². The molecule has 0 bridgehead atoms. The monoisotopic (exact) mass is 448 g/mol. The summed E-state index contributed by atoms with van der Waals surface area (Å²) in [6.07, 6.45) is 1.70. The standard InChI is InChI=1S/C21H19F3N4O4/c22-21(23,24)16-9-14(13-3-7-31-12-13)10-27-11-17(25-18(16)27)19(29)26-4-1-15(2-5-26)28-6-8-32-20(28)30/h3,7,9-12,15H,1-2,4-6,8H2. The molecule has 3 aromatic heterocycles. The summed E-state index contributed by atoms with van der Waals surface area (Å²) in [5.41, 5.74) is -0.530. The molecule has 0 radical (unpaired) electrons. The number of ether oxygens (including phenoxy) is 1. The van der Waals surface area contributed by atoms with Crippen LogP contribution in [0.4, 0.5) is 18.0 Å². The summed E-state index contributed by atoms with van der Waals surface area (Å²) >= 11 is 0. The van der Waals surface area contributed by atoms with Gasteiger partial charge >= 0.3 is 12.3 Å². The van der Waals surface area contributed by atoms with Crippen molar-refractivity contribution in [3.05, 3.63) is 48.3 Å². The molecular weight excluding hydrogens is 429 g/mol. The Hall–Kier alpha value is -3.50. The summed E-state index contributed by atoms with van der Waals surface area (Å²) in [6.45, 7) is 1.66. The second-order valence-electron chi connectivity index (χ2n) is 7.84. The zero-order valence-corrected chi connectivity index (χ0v) is 16.8. The van der Waals surface area contributed by atoms with Crippen molar-refractivity contribution in [1.29, 1.82) is 0 Å². The molecule has 8 nitrogen and oxygen atoms in total. The first-order valence-corrected chi connectivity index (χ1v) is 10.2. The zero-order chi connectivity index (χ0) is 22.5. The highest BCUT2D eigenvalue weighted by Gasteiger charge is 2.36. The maximum atomic E-state index is 13.7. The van der Waals surface area contributed by atoms with E-state index in [1.165, 1.54) is 29.3 Å². The van der Waals surface area contributed by atoms with Crippen LogP contribution in [-0.2, 0) is 10.9 Å². The number of hydrogen-bond acceptors (Lipinski definition) is 5. The van der Waals surface area contributed by atoms with Gasteiger partial charge in [-0.25, -0.2) is 9.78 Å². The fourth-order valence-corrected chi connectivity index (χ4v) is 4.28. The molecule has 0 spiro atoms. The Morgan fingerprint density at radius 2 is 1.91 bits per heavy atom. The molecule has 0 aliphatic carbocycles. The lowest BCUT2D eigenvalue weighted by Crippen LogP contribution is -2.47. The van der Waals surface area contributed by atoms with Crippen LogP contribution in [0, 0.1) is 0 Å². The number of imidazole rings is 1. The first-order chi connectivity index (χ1) is 15.3. The number of carbonyl (C=O) groups is 2. The number of fused-ring (bicyclic) bond motifs is 1. The average Bonchev–Trinajstić information content (AvgIpc) is 3.52. The first-order valence-electron chi connectivity index (χ1n) is 10.2. The van der Waals surface area contributed by atoms with Gasteiger partial charge in [0.25, 0.3) is 5.91 Å². The number of nitrogens with zero attached hydrogens (tertiary/aromatic N) is 4. The third-order valence-corrected chi connectivity index (χ3v) is 5.91. The summed E-state index contributed by atoms with van der Waals surface area (Å²) in [7, 11) is 0. The van der Waals surface area contributed by atoms with Gasteiger partial charge in [-0.1, -0.05) is 0 Å². The van der Waals surface area contributed by atoms with E-state index in [1.807, 2.05) is 0 Å². The second-order valence-corrected chi connectivity index (χ2v) is 7.84. The van der Waals surface area contributed by atoms with Gasteiger partial charge in [0.2, 0.25) is 0 Å². The van der Waals surface area contributed by atoms with Gasteiger partial charge < -0.3 is 23.4 Å².